The van der Waals surface area contributed by atoms with E-state index in [1.807, 2.05) is 13.8 Å². The lowest BCUT2D eigenvalue weighted by molar-refractivity contribution is -0.139. The van der Waals surface area contributed by atoms with Crippen LogP contribution in [0.2, 0.25) is 15.1 Å². The maximum absolute atomic E-state index is 13.9. The summed E-state index contributed by atoms with van der Waals surface area (Å²) in [5.41, 5.74) is 0.763. The zero-order valence-electron chi connectivity index (χ0n) is 21.8. The van der Waals surface area contributed by atoms with Gasteiger partial charge in [0.2, 0.25) is 11.8 Å². The van der Waals surface area contributed by atoms with Gasteiger partial charge in [-0.3, -0.25) is 13.9 Å². The molecule has 3 aromatic carbocycles. The van der Waals surface area contributed by atoms with Crippen LogP contribution in [0, 0.1) is 5.92 Å². The van der Waals surface area contributed by atoms with E-state index >= 15 is 0 Å². The third-order valence-electron chi connectivity index (χ3n) is 5.95. The van der Waals surface area contributed by atoms with Crippen LogP contribution in [-0.4, -0.2) is 44.3 Å². The van der Waals surface area contributed by atoms with Gasteiger partial charge in [0, 0.05) is 18.1 Å². The van der Waals surface area contributed by atoms with Gasteiger partial charge in [0.1, 0.15) is 12.6 Å². The molecule has 0 aliphatic heterocycles. The number of nitrogens with zero attached hydrogens (tertiary/aromatic N) is 2. The number of carbonyl (C=O) groups excluding carboxylic acids is 2. The first-order chi connectivity index (χ1) is 18.4. The molecule has 0 aromatic heterocycles. The molecule has 0 heterocycles. The summed E-state index contributed by atoms with van der Waals surface area (Å²) in [5.74, 6) is -0.765. The zero-order chi connectivity index (χ0) is 28.7. The van der Waals surface area contributed by atoms with Gasteiger partial charge in [0.25, 0.3) is 10.0 Å². The summed E-state index contributed by atoms with van der Waals surface area (Å²) in [4.78, 5) is 28.2. The Labute approximate surface area is 244 Å². The van der Waals surface area contributed by atoms with E-state index < -0.39 is 28.5 Å². The van der Waals surface area contributed by atoms with E-state index in [2.05, 4.69) is 5.32 Å². The van der Waals surface area contributed by atoms with Crippen molar-refractivity contribution in [1.29, 1.82) is 0 Å². The number of amides is 2. The minimum Gasteiger partial charge on any atom is -0.354 e. The maximum Gasteiger partial charge on any atom is 0.264 e. The average molecular weight is 611 g/mol. The Morgan fingerprint density at radius 3 is 2.10 bits per heavy atom. The van der Waals surface area contributed by atoms with E-state index in [9.17, 15) is 18.0 Å². The quantitative estimate of drug-likeness (QED) is 0.287. The lowest BCUT2D eigenvalue weighted by Gasteiger charge is -2.32. The number of anilines is 1. The summed E-state index contributed by atoms with van der Waals surface area (Å²) in [7, 11) is -4.20. The van der Waals surface area contributed by atoms with Crippen LogP contribution in [0.5, 0.6) is 0 Å². The fourth-order valence-electron chi connectivity index (χ4n) is 3.73. The molecular weight excluding hydrogens is 581 g/mol. The molecule has 0 bridgehead atoms. The Morgan fingerprint density at radius 2 is 1.49 bits per heavy atom. The van der Waals surface area contributed by atoms with Crippen LogP contribution in [0.3, 0.4) is 0 Å². The van der Waals surface area contributed by atoms with Crippen molar-refractivity contribution < 1.29 is 18.0 Å². The minimum atomic E-state index is -4.20. The van der Waals surface area contributed by atoms with Crippen molar-refractivity contribution in [3.63, 3.8) is 0 Å². The van der Waals surface area contributed by atoms with Crippen LogP contribution in [0.15, 0.2) is 77.7 Å². The van der Waals surface area contributed by atoms with E-state index in [0.717, 1.165) is 4.31 Å². The highest BCUT2D eigenvalue weighted by molar-refractivity contribution is 7.92. The number of carbonyl (C=O) groups is 2. The van der Waals surface area contributed by atoms with Crippen LogP contribution in [0.4, 0.5) is 5.69 Å². The van der Waals surface area contributed by atoms with Crippen molar-refractivity contribution in [2.24, 2.45) is 5.92 Å². The second kappa shape index (κ2) is 13.5. The van der Waals surface area contributed by atoms with Crippen LogP contribution < -0.4 is 9.62 Å². The van der Waals surface area contributed by atoms with Gasteiger partial charge < -0.3 is 10.2 Å². The molecule has 3 aromatic rings. The van der Waals surface area contributed by atoms with E-state index in [0.29, 0.717) is 17.1 Å². The second-order valence-corrected chi connectivity index (χ2v) is 12.4. The Kier molecular flexibility index (Phi) is 10.7. The number of hydrogen-bond acceptors (Lipinski definition) is 4. The van der Waals surface area contributed by atoms with Gasteiger partial charge in [-0.15, -0.1) is 0 Å². The Balaban J connectivity index is 2.03. The summed E-state index contributed by atoms with van der Waals surface area (Å²) in [6.45, 7) is 5.34. The highest BCUT2D eigenvalue weighted by Gasteiger charge is 2.33. The summed E-state index contributed by atoms with van der Waals surface area (Å²) < 4.78 is 28.5. The van der Waals surface area contributed by atoms with Gasteiger partial charge in [0.05, 0.1) is 20.6 Å². The van der Waals surface area contributed by atoms with Gasteiger partial charge in [-0.25, -0.2) is 8.42 Å². The molecule has 0 aliphatic carbocycles. The molecule has 0 aliphatic rings. The third kappa shape index (κ3) is 7.88. The largest absolute Gasteiger partial charge is 0.354 e. The van der Waals surface area contributed by atoms with Crippen molar-refractivity contribution >= 4 is 62.3 Å². The van der Waals surface area contributed by atoms with Crippen molar-refractivity contribution in [2.75, 3.05) is 17.4 Å². The standard InChI is InChI=1S/C28H30Cl3N3O4S/c1-19(2)16-32-28(36)20(3)33(17-21-9-7-8-12-24(21)29)27(35)18-34(22-13-14-25(30)26(31)15-22)39(37,38)23-10-5-4-6-11-23/h4-15,19-20H,16-18H2,1-3H3,(H,32,36)/t20-/m0/s1. The lowest BCUT2D eigenvalue weighted by atomic mass is 10.1. The van der Waals surface area contributed by atoms with Crippen molar-refractivity contribution in [1.82, 2.24) is 10.2 Å². The molecule has 3 rings (SSSR count). The molecule has 0 fully saturated rings. The van der Waals surface area contributed by atoms with Gasteiger partial charge in [-0.2, -0.15) is 0 Å². The molecule has 1 atom stereocenters. The van der Waals surface area contributed by atoms with E-state index in [-0.39, 0.29) is 39.0 Å². The topological polar surface area (TPSA) is 86.8 Å². The van der Waals surface area contributed by atoms with Gasteiger partial charge in [0.15, 0.2) is 0 Å². The first-order valence-electron chi connectivity index (χ1n) is 12.2. The van der Waals surface area contributed by atoms with Crippen molar-refractivity contribution in [3.05, 3.63) is 93.4 Å². The first kappa shape index (κ1) is 30.8. The molecule has 0 unspecified atom stereocenters. The lowest BCUT2D eigenvalue weighted by Crippen LogP contribution is -2.51. The molecule has 0 radical (unpaired) electrons. The highest BCUT2D eigenvalue weighted by Crippen LogP contribution is 2.31. The molecule has 7 nitrogen and oxygen atoms in total. The van der Waals surface area contributed by atoms with E-state index in [1.165, 1.54) is 35.2 Å². The fourth-order valence-corrected chi connectivity index (χ4v) is 5.65. The Hall–Kier alpha value is -2.78. The van der Waals surface area contributed by atoms with E-state index in [1.54, 1.807) is 49.4 Å². The third-order valence-corrected chi connectivity index (χ3v) is 8.85. The SMILES string of the molecule is CC(C)CNC(=O)[C@H](C)N(Cc1ccccc1Cl)C(=O)CN(c1ccc(Cl)c(Cl)c1)S(=O)(=O)c1ccccc1. The summed E-state index contributed by atoms with van der Waals surface area (Å²) >= 11 is 18.7. The minimum absolute atomic E-state index is 0.00459. The van der Waals surface area contributed by atoms with Gasteiger partial charge >= 0.3 is 0 Å². The molecule has 0 spiro atoms. The van der Waals surface area contributed by atoms with Crippen LogP contribution in [0.25, 0.3) is 0 Å². The molecule has 0 saturated heterocycles. The normalized spacial score (nSPS) is 12.2. The number of hydrogen-bond donors (Lipinski definition) is 1. The highest BCUT2D eigenvalue weighted by atomic mass is 35.5. The molecule has 39 heavy (non-hydrogen) atoms. The number of rotatable bonds is 11. The Bertz CT molecular complexity index is 1420. The summed E-state index contributed by atoms with van der Waals surface area (Å²) in [6.07, 6.45) is 0. The maximum atomic E-state index is 13.9. The van der Waals surface area contributed by atoms with Crippen molar-refractivity contribution in [3.8, 4) is 0 Å². The molecule has 0 saturated carbocycles. The van der Waals surface area contributed by atoms with Crippen LogP contribution in [0.1, 0.15) is 26.3 Å². The summed E-state index contributed by atoms with van der Waals surface area (Å²) in [6, 6.07) is 18.1. The average Bonchev–Trinajstić information content (AvgIpc) is 2.91. The second-order valence-electron chi connectivity index (χ2n) is 9.35. The number of nitrogens with one attached hydrogen (secondary N) is 1. The van der Waals surface area contributed by atoms with Crippen LogP contribution in [-0.2, 0) is 26.2 Å². The first-order valence-corrected chi connectivity index (χ1v) is 14.8. The Morgan fingerprint density at radius 1 is 0.846 bits per heavy atom. The molecular formula is C28H30Cl3N3O4S. The number of sulfonamides is 1. The smallest absolute Gasteiger partial charge is 0.264 e. The van der Waals surface area contributed by atoms with Gasteiger partial charge in [-0.05, 0) is 54.8 Å². The molecule has 208 valence electrons. The van der Waals surface area contributed by atoms with Gasteiger partial charge in [-0.1, -0.05) is 85.0 Å². The van der Waals surface area contributed by atoms with Crippen molar-refractivity contribution in [2.45, 2.75) is 38.3 Å². The van der Waals surface area contributed by atoms with E-state index in [4.69, 9.17) is 34.8 Å². The number of benzene rings is 3. The molecule has 11 heteroatoms. The fraction of sp³-hybridized carbons (Fsp3) is 0.286. The predicted octanol–water partition coefficient (Wildman–Crippen LogP) is 6.03. The summed E-state index contributed by atoms with van der Waals surface area (Å²) in [5, 5.41) is 3.63. The zero-order valence-corrected chi connectivity index (χ0v) is 24.9. The molecule has 2 amide bonds. The molecule has 1 N–H and O–H groups in total. The monoisotopic (exact) mass is 609 g/mol. The van der Waals surface area contributed by atoms with Crippen LogP contribution >= 0.6 is 34.8 Å². The predicted molar refractivity (Wildman–Crippen MR) is 157 cm³/mol. The number of halogens is 3.